The second-order valence-electron chi connectivity index (χ2n) is 3.97. The fraction of sp³-hybridized carbons (Fsp3) is 0.385. The molecule has 3 heteroatoms. The summed E-state index contributed by atoms with van der Waals surface area (Å²) in [6, 6.07) is 6.41. The van der Waals surface area contributed by atoms with Crippen molar-refractivity contribution in [1.82, 2.24) is 0 Å². The van der Waals surface area contributed by atoms with E-state index in [1.807, 2.05) is 6.08 Å². The van der Waals surface area contributed by atoms with Crippen molar-refractivity contribution in [2.24, 2.45) is 5.92 Å². The van der Waals surface area contributed by atoms with Crippen molar-refractivity contribution in [1.29, 1.82) is 0 Å². The van der Waals surface area contributed by atoms with Crippen LogP contribution in [-0.4, -0.2) is 5.33 Å². The van der Waals surface area contributed by atoms with E-state index in [4.69, 9.17) is 0 Å². The van der Waals surface area contributed by atoms with E-state index in [1.165, 1.54) is 17.7 Å². The van der Waals surface area contributed by atoms with Crippen molar-refractivity contribution >= 4 is 22.0 Å². The molecule has 0 aliphatic rings. The van der Waals surface area contributed by atoms with Crippen molar-refractivity contribution < 1.29 is 8.78 Å². The van der Waals surface area contributed by atoms with Crippen LogP contribution in [0.1, 0.15) is 31.4 Å². The van der Waals surface area contributed by atoms with Crippen LogP contribution >= 0.6 is 15.9 Å². The van der Waals surface area contributed by atoms with Crippen LogP contribution in [0.15, 0.2) is 29.8 Å². The number of halogens is 3. The summed E-state index contributed by atoms with van der Waals surface area (Å²) in [5.41, 5.74) is 2.29. The van der Waals surface area contributed by atoms with Crippen molar-refractivity contribution in [3.8, 4) is 0 Å². The molecule has 1 aromatic carbocycles. The molecule has 0 amide bonds. The molecule has 0 radical (unpaired) electrons. The molecule has 16 heavy (non-hydrogen) atoms. The second kappa shape index (κ2) is 6.14. The van der Waals surface area contributed by atoms with Gasteiger partial charge in [-0.15, -0.1) is 0 Å². The van der Waals surface area contributed by atoms with Crippen molar-refractivity contribution in [2.75, 3.05) is 5.33 Å². The van der Waals surface area contributed by atoms with Crippen molar-refractivity contribution in [3.63, 3.8) is 0 Å². The van der Waals surface area contributed by atoms with E-state index in [2.05, 4.69) is 29.8 Å². The molecule has 0 saturated heterocycles. The molecule has 1 aromatic rings. The molecule has 0 aliphatic heterocycles. The SMILES string of the molecule is CC(C)/C(=C/c1ccc(C(F)F)cc1)CBr. The van der Waals surface area contributed by atoms with Crippen LogP contribution in [0.3, 0.4) is 0 Å². The van der Waals surface area contributed by atoms with Gasteiger partial charge in [0.15, 0.2) is 0 Å². The summed E-state index contributed by atoms with van der Waals surface area (Å²) in [5, 5.41) is 0.807. The third-order valence-electron chi connectivity index (χ3n) is 2.44. The summed E-state index contributed by atoms with van der Waals surface area (Å²) in [6.45, 7) is 4.22. The predicted molar refractivity (Wildman–Crippen MR) is 68.0 cm³/mol. The van der Waals surface area contributed by atoms with Crippen LogP contribution < -0.4 is 0 Å². The highest BCUT2D eigenvalue weighted by molar-refractivity contribution is 9.09. The molecule has 0 fully saturated rings. The molecule has 0 atom stereocenters. The largest absolute Gasteiger partial charge is 0.263 e. The lowest BCUT2D eigenvalue weighted by Crippen LogP contribution is -1.94. The summed E-state index contributed by atoms with van der Waals surface area (Å²) in [4.78, 5) is 0. The molecule has 0 spiro atoms. The van der Waals surface area contributed by atoms with E-state index < -0.39 is 6.43 Å². The van der Waals surface area contributed by atoms with Gasteiger partial charge in [0.2, 0.25) is 0 Å². The Kier molecular flexibility index (Phi) is 5.13. The fourth-order valence-corrected chi connectivity index (χ4v) is 2.12. The molecule has 0 aromatic heterocycles. The highest BCUT2D eigenvalue weighted by Gasteiger charge is 2.06. The first-order chi connectivity index (χ1) is 7.54. The van der Waals surface area contributed by atoms with E-state index in [9.17, 15) is 8.78 Å². The number of rotatable bonds is 4. The standard InChI is InChI=1S/C13H15BrF2/c1-9(2)12(8-14)7-10-3-5-11(6-4-10)13(15)16/h3-7,9,13H,8H2,1-2H3/b12-7+. The Morgan fingerprint density at radius 2 is 1.81 bits per heavy atom. The van der Waals surface area contributed by atoms with Crippen molar-refractivity contribution in [3.05, 3.63) is 41.0 Å². The minimum absolute atomic E-state index is 0.0714. The van der Waals surface area contributed by atoms with E-state index in [0.29, 0.717) is 5.92 Å². The van der Waals surface area contributed by atoms with Crippen LogP contribution in [0.25, 0.3) is 6.08 Å². The molecule has 0 saturated carbocycles. The van der Waals surface area contributed by atoms with Gasteiger partial charge in [-0.2, -0.15) is 0 Å². The Morgan fingerprint density at radius 3 is 2.19 bits per heavy atom. The molecule has 0 aliphatic carbocycles. The lowest BCUT2D eigenvalue weighted by atomic mass is 10.0. The van der Waals surface area contributed by atoms with Gasteiger partial charge in [-0.3, -0.25) is 0 Å². The van der Waals surface area contributed by atoms with E-state index in [-0.39, 0.29) is 5.56 Å². The van der Waals surface area contributed by atoms with Crippen LogP contribution in [0, 0.1) is 5.92 Å². The number of hydrogen-bond donors (Lipinski definition) is 0. The third-order valence-corrected chi connectivity index (χ3v) is 3.08. The zero-order valence-electron chi connectivity index (χ0n) is 9.38. The average Bonchev–Trinajstić information content (AvgIpc) is 2.26. The molecule has 0 bridgehead atoms. The number of allylic oxidation sites excluding steroid dienone is 1. The fourth-order valence-electron chi connectivity index (χ4n) is 1.31. The molecule has 0 N–H and O–H groups in total. The molecule has 0 nitrogen and oxygen atoms in total. The number of alkyl halides is 3. The minimum atomic E-state index is -2.39. The summed E-state index contributed by atoms with van der Waals surface area (Å²) in [5.74, 6) is 0.453. The highest BCUT2D eigenvalue weighted by atomic mass is 79.9. The zero-order chi connectivity index (χ0) is 12.1. The maximum absolute atomic E-state index is 12.3. The van der Waals surface area contributed by atoms with Gasteiger partial charge >= 0.3 is 0 Å². The lowest BCUT2D eigenvalue weighted by molar-refractivity contribution is 0.151. The monoisotopic (exact) mass is 288 g/mol. The van der Waals surface area contributed by atoms with Gasteiger partial charge in [0, 0.05) is 10.9 Å². The molecular weight excluding hydrogens is 274 g/mol. The maximum Gasteiger partial charge on any atom is 0.263 e. The Morgan fingerprint density at radius 1 is 1.25 bits per heavy atom. The smallest absolute Gasteiger partial charge is 0.205 e. The summed E-state index contributed by atoms with van der Waals surface area (Å²) in [7, 11) is 0. The third kappa shape index (κ3) is 3.71. The lowest BCUT2D eigenvalue weighted by Gasteiger charge is -2.08. The van der Waals surface area contributed by atoms with E-state index >= 15 is 0 Å². The average molecular weight is 289 g/mol. The van der Waals surface area contributed by atoms with Gasteiger partial charge in [0.05, 0.1) is 0 Å². The van der Waals surface area contributed by atoms with Crippen LogP contribution in [0.5, 0.6) is 0 Å². The Hall–Kier alpha value is -0.700. The second-order valence-corrected chi connectivity index (χ2v) is 4.54. The Bertz CT molecular complexity index is 353. The molecule has 1 rings (SSSR count). The number of hydrogen-bond acceptors (Lipinski definition) is 0. The van der Waals surface area contributed by atoms with Crippen LogP contribution in [-0.2, 0) is 0 Å². The normalized spacial score (nSPS) is 12.6. The molecule has 0 unspecified atom stereocenters. The van der Waals surface area contributed by atoms with Gasteiger partial charge in [-0.25, -0.2) is 8.78 Å². The zero-order valence-corrected chi connectivity index (χ0v) is 11.0. The topological polar surface area (TPSA) is 0 Å². The van der Waals surface area contributed by atoms with Crippen LogP contribution in [0.2, 0.25) is 0 Å². The Balaban J connectivity index is 2.89. The van der Waals surface area contributed by atoms with Gasteiger partial charge in [-0.1, -0.05) is 65.7 Å². The molecule has 0 heterocycles. The first-order valence-corrected chi connectivity index (χ1v) is 6.31. The quantitative estimate of drug-likeness (QED) is 0.680. The molecule has 88 valence electrons. The summed E-state index contributed by atoms with van der Waals surface area (Å²) >= 11 is 3.42. The minimum Gasteiger partial charge on any atom is -0.205 e. The summed E-state index contributed by atoms with van der Waals surface area (Å²) in [6.07, 6.45) is -0.354. The van der Waals surface area contributed by atoms with Gasteiger partial charge in [0.1, 0.15) is 0 Å². The van der Waals surface area contributed by atoms with Gasteiger partial charge < -0.3 is 0 Å². The van der Waals surface area contributed by atoms with Gasteiger partial charge in [0.25, 0.3) is 6.43 Å². The van der Waals surface area contributed by atoms with Gasteiger partial charge in [-0.05, 0) is 11.5 Å². The first kappa shape index (κ1) is 13.4. The molecular formula is C13H15BrF2. The van der Waals surface area contributed by atoms with Crippen LogP contribution in [0.4, 0.5) is 8.78 Å². The van der Waals surface area contributed by atoms with E-state index in [0.717, 1.165) is 10.9 Å². The first-order valence-electron chi connectivity index (χ1n) is 5.19. The predicted octanol–water partition coefficient (Wildman–Crippen LogP) is 5.06. The van der Waals surface area contributed by atoms with E-state index in [1.54, 1.807) is 12.1 Å². The summed E-state index contributed by atoms with van der Waals surface area (Å²) < 4.78 is 24.7. The Labute approximate surface area is 103 Å². The maximum atomic E-state index is 12.3. The van der Waals surface area contributed by atoms with Crippen molar-refractivity contribution in [2.45, 2.75) is 20.3 Å². The number of benzene rings is 1. The highest BCUT2D eigenvalue weighted by Crippen LogP contribution is 2.21.